The minimum atomic E-state index is -0.673. The summed E-state index contributed by atoms with van der Waals surface area (Å²) in [6, 6.07) is 12.3. The average molecular weight is 424 g/mol. The van der Waals surface area contributed by atoms with Crippen molar-refractivity contribution in [1.29, 1.82) is 0 Å². The lowest BCUT2D eigenvalue weighted by Crippen LogP contribution is -2.45. The van der Waals surface area contributed by atoms with E-state index in [1.807, 2.05) is 31.2 Å². The van der Waals surface area contributed by atoms with Crippen molar-refractivity contribution < 1.29 is 23.8 Å². The van der Waals surface area contributed by atoms with Gasteiger partial charge in [0.2, 0.25) is 0 Å². The summed E-state index contributed by atoms with van der Waals surface area (Å²) in [5, 5.41) is 5.45. The highest BCUT2D eigenvalue weighted by Crippen LogP contribution is 2.35. The van der Waals surface area contributed by atoms with Crippen molar-refractivity contribution in [2.24, 2.45) is 0 Å². The smallest absolute Gasteiger partial charge is 0.338 e. The molecular formula is C24H28N2O5. The second-order valence-electron chi connectivity index (χ2n) is 7.71. The van der Waals surface area contributed by atoms with E-state index in [-0.39, 0.29) is 12.1 Å². The summed E-state index contributed by atoms with van der Waals surface area (Å²) in [4.78, 5) is 24.9. The Morgan fingerprint density at radius 2 is 1.77 bits per heavy atom. The molecule has 3 rings (SSSR count). The van der Waals surface area contributed by atoms with Gasteiger partial charge in [0.1, 0.15) is 6.61 Å². The number of urea groups is 1. The molecular weight excluding hydrogens is 396 g/mol. The number of carbonyl (C=O) groups excluding carboxylic acids is 2. The van der Waals surface area contributed by atoms with Crippen LogP contribution in [0.5, 0.6) is 11.5 Å². The van der Waals surface area contributed by atoms with Crippen molar-refractivity contribution in [2.45, 2.75) is 46.4 Å². The highest BCUT2D eigenvalue weighted by atomic mass is 16.5. The number of carbonyl (C=O) groups is 2. The van der Waals surface area contributed by atoms with Crippen molar-refractivity contribution in [2.75, 3.05) is 7.11 Å². The Morgan fingerprint density at radius 1 is 1.06 bits per heavy atom. The standard InChI is InChI=1S/C24H28N2O5/c1-14(2)31-23(27)21-16(4)25-24(28)26-22(21)18-10-11-19(29-5)20(12-18)30-13-17-8-6-15(3)7-9-17/h6-12,14,22H,13H2,1-5H3,(H2,25,26,28). The van der Waals surface area contributed by atoms with Gasteiger partial charge in [-0.3, -0.25) is 0 Å². The maximum absolute atomic E-state index is 12.7. The van der Waals surface area contributed by atoms with Gasteiger partial charge in [0.05, 0.1) is 24.8 Å². The van der Waals surface area contributed by atoms with Crippen LogP contribution in [0.3, 0.4) is 0 Å². The number of hydrogen-bond acceptors (Lipinski definition) is 5. The topological polar surface area (TPSA) is 85.9 Å². The fourth-order valence-corrected chi connectivity index (χ4v) is 3.32. The van der Waals surface area contributed by atoms with Gasteiger partial charge >= 0.3 is 12.0 Å². The molecule has 1 atom stereocenters. The Balaban J connectivity index is 1.92. The van der Waals surface area contributed by atoms with Crippen LogP contribution >= 0.6 is 0 Å². The normalized spacial score (nSPS) is 15.9. The van der Waals surface area contributed by atoms with Crippen LogP contribution in [-0.4, -0.2) is 25.2 Å². The van der Waals surface area contributed by atoms with E-state index in [1.54, 1.807) is 46.1 Å². The molecule has 0 aromatic heterocycles. The van der Waals surface area contributed by atoms with Gasteiger partial charge in [-0.1, -0.05) is 35.9 Å². The SMILES string of the molecule is COc1ccc(C2NC(=O)NC(C)=C2C(=O)OC(C)C)cc1OCc1ccc(C)cc1. The fourth-order valence-electron chi connectivity index (χ4n) is 3.32. The number of rotatable bonds is 7. The maximum Gasteiger partial charge on any atom is 0.338 e. The molecule has 2 aromatic rings. The summed E-state index contributed by atoms with van der Waals surface area (Å²) in [7, 11) is 1.57. The molecule has 31 heavy (non-hydrogen) atoms. The van der Waals surface area contributed by atoms with Crippen molar-refractivity contribution in [3.05, 3.63) is 70.4 Å². The molecule has 2 aromatic carbocycles. The van der Waals surface area contributed by atoms with E-state index >= 15 is 0 Å². The summed E-state index contributed by atoms with van der Waals surface area (Å²) < 4.78 is 16.8. The average Bonchev–Trinajstić information content (AvgIpc) is 2.72. The first-order chi connectivity index (χ1) is 14.8. The quantitative estimate of drug-likeness (QED) is 0.652. The monoisotopic (exact) mass is 424 g/mol. The number of benzene rings is 2. The molecule has 1 aliphatic rings. The Kier molecular flexibility index (Phi) is 6.84. The van der Waals surface area contributed by atoms with Crippen LogP contribution in [0.25, 0.3) is 0 Å². The van der Waals surface area contributed by atoms with Crippen molar-refractivity contribution >= 4 is 12.0 Å². The van der Waals surface area contributed by atoms with E-state index < -0.39 is 12.0 Å². The summed E-state index contributed by atoms with van der Waals surface area (Å²) in [5.74, 6) is 0.591. The van der Waals surface area contributed by atoms with Gasteiger partial charge in [-0.25, -0.2) is 9.59 Å². The molecule has 0 spiro atoms. The van der Waals surface area contributed by atoms with Gasteiger partial charge < -0.3 is 24.8 Å². The lowest BCUT2D eigenvalue weighted by molar-refractivity contribution is -0.143. The Labute approximate surface area is 182 Å². The van der Waals surface area contributed by atoms with E-state index in [0.717, 1.165) is 5.56 Å². The zero-order valence-corrected chi connectivity index (χ0v) is 18.4. The number of amides is 2. The molecule has 0 bridgehead atoms. The molecule has 1 aliphatic heterocycles. The Hall–Kier alpha value is -3.48. The van der Waals surface area contributed by atoms with Crippen LogP contribution in [0.15, 0.2) is 53.7 Å². The second-order valence-corrected chi connectivity index (χ2v) is 7.71. The Morgan fingerprint density at radius 3 is 2.42 bits per heavy atom. The predicted molar refractivity (Wildman–Crippen MR) is 117 cm³/mol. The number of aryl methyl sites for hydroxylation is 1. The predicted octanol–water partition coefficient (Wildman–Crippen LogP) is 4.16. The molecule has 0 saturated carbocycles. The number of hydrogen-bond donors (Lipinski definition) is 2. The summed E-state index contributed by atoms with van der Waals surface area (Å²) in [6.07, 6.45) is -0.282. The molecule has 0 fully saturated rings. The van der Waals surface area contributed by atoms with Gasteiger partial charge in [-0.15, -0.1) is 0 Å². The Bertz CT molecular complexity index is 996. The number of ether oxygens (including phenoxy) is 3. The van der Waals surface area contributed by atoms with Crippen molar-refractivity contribution in [1.82, 2.24) is 10.6 Å². The minimum Gasteiger partial charge on any atom is -0.493 e. The molecule has 164 valence electrons. The molecule has 1 unspecified atom stereocenters. The van der Waals surface area contributed by atoms with Crippen LogP contribution in [0.2, 0.25) is 0 Å². The van der Waals surface area contributed by atoms with E-state index in [1.165, 1.54) is 5.56 Å². The third kappa shape index (κ3) is 5.36. The first-order valence-corrected chi connectivity index (χ1v) is 10.1. The van der Waals surface area contributed by atoms with Crippen LogP contribution < -0.4 is 20.1 Å². The zero-order valence-electron chi connectivity index (χ0n) is 18.4. The van der Waals surface area contributed by atoms with Gasteiger partial charge in [-0.2, -0.15) is 0 Å². The zero-order chi connectivity index (χ0) is 22.5. The molecule has 1 heterocycles. The number of nitrogens with one attached hydrogen (secondary N) is 2. The molecule has 7 heteroatoms. The highest BCUT2D eigenvalue weighted by Gasteiger charge is 2.33. The van der Waals surface area contributed by atoms with E-state index in [4.69, 9.17) is 14.2 Å². The van der Waals surface area contributed by atoms with Gasteiger partial charge in [0.15, 0.2) is 11.5 Å². The molecule has 0 aliphatic carbocycles. The molecule has 2 N–H and O–H groups in total. The molecule has 0 saturated heterocycles. The largest absolute Gasteiger partial charge is 0.493 e. The van der Waals surface area contributed by atoms with Gasteiger partial charge in [0.25, 0.3) is 0 Å². The van der Waals surface area contributed by atoms with Crippen LogP contribution in [-0.2, 0) is 16.1 Å². The van der Waals surface area contributed by atoms with Crippen LogP contribution in [0.1, 0.15) is 43.5 Å². The number of esters is 1. The van der Waals surface area contributed by atoms with Gasteiger partial charge in [-0.05, 0) is 51.0 Å². The first kappa shape index (κ1) is 22.2. The molecule has 7 nitrogen and oxygen atoms in total. The van der Waals surface area contributed by atoms with E-state index in [9.17, 15) is 9.59 Å². The number of methoxy groups -OCH3 is 1. The third-order valence-electron chi connectivity index (χ3n) is 4.87. The van der Waals surface area contributed by atoms with E-state index in [0.29, 0.717) is 34.9 Å². The van der Waals surface area contributed by atoms with Gasteiger partial charge in [0, 0.05) is 5.70 Å². The van der Waals surface area contributed by atoms with Crippen LogP contribution in [0.4, 0.5) is 4.79 Å². The fraction of sp³-hybridized carbons (Fsp3) is 0.333. The maximum atomic E-state index is 12.7. The first-order valence-electron chi connectivity index (χ1n) is 10.1. The second kappa shape index (κ2) is 9.55. The molecule has 0 radical (unpaired) electrons. The summed E-state index contributed by atoms with van der Waals surface area (Å²) >= 11 is 0. The minimum absolute atomic E-state index is 0.282. The number of allylic oxidation sites excluding steroid dienone is 1. The van der Waals surface area contributed by atoms with Crippen molar-refractivity contribution in [3.8, 4) is 11.5 Å². The summed E-state index contributed by atoms with van der Waals surface area (Å²) in [6.45, 7) is 7.63. The summed E-state index contributed by atoms with van der Waals surface area (Å²) in [5.41, 5.74) is 3.68. The van der Waals surface area contributed by atoms with E-state index in [2.05, 4.69) is 10.6 Å². The molecule has 2 amide bonds. The third-order valence-corrected chi connectivity index (χ3v) is 4.87. The lowest BCUT2D eigenvalue weighted by Gasteiger charge is -2.29. The van der Waals surface area contributed by atoms with Crippen LogP contribution in [0, 0.1) is 6.92 Å². The van der Waals surface area contributed by atoms with Crippen molar-refractivity contribution in [3.63, 3.8) is 0 Å². The highest BCUT2D eigenvalue weighted by molar-refractivity contribution is 5.95. The lowest BCUT2D eigenvalue weighted by atomic mass is 9.95.